The van der Waals surface area contributed by atoms with Gasteiger partial charge in [0, 0.05) is 0 Å². The second kappa shape index (κ2) is 3.67. The van der Waals surface area contributed by atoms with Crippen molar-refractivity contribution in [1.29, 1.82) is 0 Å². The largest absolute Gasteiger partial charge is 0.292 e. The fourth-order valence-electron chi connectivity index (χ4n) is 1.82. The van der Waals surface area contributed by atoms with Crippen LogP contribution in [-0.4, -0.2) is 5.78 Å². The Hall–Kier alpha value is -1.34. The van der Waals surface area contributed by atoms with Crippen LogP contribution in [0.1, 0.15) is 12.5 Å². The van der Waals surface area contributed by atoms with Gasteiger partial charge in [0.25, 0.3) is 0 Å². The summed E-state index contributed by atoms with van der Waals surface area (Å²) < 4.78 is 0. The summed E-state index contributed by atoms with van der Waals surface area (Å²) in [6, 6.07) is 9.73. The average Bonchev–Trinajstić information content (AvgIpc) is 2.25. The molecule has 0 N–H and O–H groups in total. The lowest BCUT2D eigenvalue weighted by Gasteiger charge is -2.29. The molecule has 1 aromatic carbocycles. The molecule has 1 aromatic rings. The van der Waals surface area contributed by atoms with E-state index in [4.69, 9.17) is 11.6 Å². The Balaban J connectivity index is 2.46. The summed E-state index contributed by atoms with van der Waals surface area (Å²) in [5, 5.41) is 0.356. The molecule has 1 nitrogen and oxygen atoms in total. The second-order valence-electron chi connectivity index (χ2n) is 3.74. The maximum Gasteiger partial charge on any atom is 0.186 e. The minimum Gasteiger partial charge on any atom is -0.292 e. The molecule has 1 aliphatic carbocycles. The first-order valence-corrected chi connectivity index (χ1v) is 5.15. The fraction of sp³-hybridized carbons (Fsp3) is 0.154. The van der Waals surface area contributed by atoms with Gasteiger partial charge in [-0.05, 0) is 18.1 Å². The third kappa shape index (κ3) is 1.53. The van der Waals surface area contributed by atoms with Crippen LogP contribution < -0.4 is 0 Å². The first-order chi connectivity index (χ1) is 7.13. The maximum absolute atomic E-state index is 11.5. The highest BCUT2D eigenvalue weighted by atomic mass is 35.5. The highest BCUT2D eigenvalue weighted by Gasteiger charge is 2.38. The summed E-state index contributed by atoms with van der Waals surface area (Å²) in [7, 11) is 0. The van der Waals surface area contributed by atoms with Crippen LogP contribution in [0.4, 0.5) is 0 Å². The van der Waals surface area contributed by atoms with Crippen LogP contribution in [0.2, 0.25) is 0 Å². The zero-order chi connectivity index (χ0) is 11.0. The van der Waals surface area contributed by atoms with E-state index in [-0.39, 0.29) is 11.7 Å². The van der Waals surface area contributed by atoms with Gasteiger partial charge in [-0.1, -0.05) is 54.1 Å². The normalized spacial score (nSPS) is 20.1. The average molecular weight is 219 g/mol. The lowest BCUT2D eigenvalue weighted by molar-refractivity contribution is -0.117. The molecule has 2 heteroatoms. The summed E-state index contributed by atoms with van der Waals surface area (Å²) in [6.07, 6.45) is 0. The van der Waals surface area contributed by atoms with Crippen molar-refractivity contribution in [2.75, 3.05) is 0 Å². The van der Waals surface area contributed by atoms with Crippen LogP contribution >= 0.6 is 11.6 Å². The zero-order valence-corrected chi connectivity index (χ0v) is 9.21. The number of hydrogen-bond acceptors (Lipinski definition) is 1. The molecule has 0 spiro atoms. The quantitative estimate of drug-likeness (QED) is 0.696. The van der Waals surface area contributed by atoms with Gasteiger partial charge in [-0.25, -0.2) is 0 Å². The van der Waals surface area contributed by atoms with Gasteiger partial charge in [0.15, 0.2) is 5.78 Å². The number of halogens is 1. The Morgan fingerprint density at radius 2 is 1.93 bits per heavy atom. The summed E-state index contributed by atoms with van der Waals surface area (Å²) in [5.74, 6) is -0.220. The second-order valence-corrected chi connectivity index (χ2v) is 4.12. The minimum absolute atomic E-state index is 0.0111. The number of benzene rings is 1. The van der Waals surface area contributed by atoms with Crippen molar-refractivity contribution in [2.24, 2.45) is 5.92 Å². The van der Waals surface area contributed by atoms with Gasteiger partial charge >= 0.3 is 0 Å². The van der Waals surface area contributed by atoms with Gasteiger partial charge in [0.1, 0.15) is 0 Å². The molecule has 0 radical (unpaired) electrons. The maximum atomic E-state index is 11.5. The highest BCUT2D eigenvalue weighted by Crippen LogP contribution is 2.44. The Kier molecular flexibility index (Phi) is 2.49. The number of allylic oxidation sites excluding steroid dienone is 3. The first-order valence-electron chi connectivity index (χ1n) is 4.77. The molecule has 0 heterocycles. The summed E-state index contributed by atoms with van der Waals surface area (Å²) >= 11 is 5.93. The van der Waals surface area contributed by atoms with Crippen LogP contribution in [0.3, 0.4) is 0 Å². The van der Waals surface area contributed by atoms with Gasteiger partial charge < -0.3 is 0 Å². The van der Waals surface area contributed by atoms with Gasteiger partial charge in [0.05, 0.1) is 11.0 Å². The van der Waals surface area contributed by atoms with Crippen LogP contribution in [0.15, 0.2) is 47.5 Å². The number of ketones is 1. The van der Waals surface area contributed by atoms with Crippen LogP contribution in [0.5, 0.6) is 0 Å². The number of Topliss-reactive ketones (excluding diaryl/α,β-unsaturated/α-hetero) is 1. The molecule has 0 saturated heterocycles. The molecule has 0 saturated carbocycles. The smallest absolute Gasteiger partial charge is 0.186 e. The van der Waals surface area contributed by atoms with Gasteiger partial charge in [-0.15, -0.1) is 0 Å². The molecule has 1 aliphatic rings. The first kappa shape index (κ1) is 10.2. The highest BCUT2D eigenvalue weighted by molar-refractivity contribution is 6.51. The Morgan fingerprint density at radius 3 is 2.47 bits per heavy atom. The van der Waals surface area contributed by atoms with E-state index in [0.29, 0.717) is 5.03 Å². The molecule has 76 valence electrons. The number of rotatable bonds is 2. The summed E-state index contributed by atoms with van der Waals surface area (Å²) in [4.78, 5) is 11.5. The molecule has 0 aliphatic heterocycles. The van der Waals surface area contributed by atoms with E-state index in [1.165, 1.54) is 0 Å². The van der Waals surface area contributed by atoms with E-state index in [9.17, 15) is 4.79 Å². The standard InChI is InChI=1S/C13H11ClO/c1-8(2)10-11(12(14)13(10)15)9-6-4-3-5-7-9/h3-7,10H,1H2,2H3. The topological polar surface area (TPSA) is 17.1 Å². The molecule has 1 atom stereocenters. The monoisotopic (exact) mass is 218 g/mol. The van der Waals surface area contributed by atoms with Gasteiger partial charge in [0.2, 0.25) is 0 Å². The van der Waals surface area contributed by atoms with E-state index in [2.05, 4.69) is 6.58 Å². The van der Waals surface area contributed by atoms with Crippen molar-refractivity contribution in [1.82, 2.24) is 0 Å². The Morgan fingerprint density at radius 1 is 1.33 bits per heavy atom. The zero-order valence-electron chi connectivity index (χ0n) is 8.46. The minimum atomic E-state index is -0.208. The van der Waals surface area contributed by atoms with Crippen molar-refractivity contribution in [3.63, 3.8) is 0 Å². The van der Waals surface area contributed by atoms with Crippen LogP contribution in [-0.2, 0) is 4.79 Å². The molecule has 0 amide bonds. The molecule has 2 rings (SSSR count). The predicted octanol–water partition coefficient (Wildman–Crippen LogP) is 3.41. The molecule has 0 bridgehead atoms. The van der Waals surface area contributed by atoms with Crippen LogP contribution in [0, 0.1) is 5.92 Å². The molecule has 0 fully saturated rings. The van der Waals surface area contributed by atoms with E-state index in [1.54, 1.807) is 0 Å². The molecule has 15 heavy (non-hydrogen) atoms. The molecular weight excluding hydrogens is 208 g/mol. The van der Waals surface area contributed by atoms with Gasteiger partial charge in [-0.3, -0.25) is 4.79 Å². The van der Waals surface area contributed by atoms with Crippen molar-refractivity contribution >= 4 is 23.0 Å². The van der Waals surface area contributed by atoms with Crippen molar-refractivity contribution in [3.8, 4) is 0 Å². The summed E-state index contributed by atoms with van der Waals surface area (Å²) in [6.45, 7) is 5.68. The third-order valence-corrected chi connectivity index (χ3v) is 2.97. The number of carbonyl (C=O) groups is 1. The third-order valence-electron chi connectivity index (χ3n) is 2.58. The lowest BCUT2D eigenvalue weighted by Crippen LogP contribution is -2.28. The number of hydrogen-bond donors (Lipinski definition) is 0. The SMILES string of the molecule is C=C(C)C1C(=O)C(Cl)=C1c1ccccc1. The Bertz CT molecular complexity index is 457. The van der Waals surface area contributed by atoms with Crippen molar-refractivity contribution < 1.29 is 4.79 Å². The van der Waals surface area contributed by atoms with Crippen LogP contribution in [0.25, 0.3) is 5.57 Å². The van der Waals surface area contributed by atoms with E-state index in [0.717, 1.165) is 16.7 Å². The lowest BCUT2D eigenvalue weighted by atomic mass is 9.75. The molecular formula is C13H11ClO. The van der Waals surface area contributed by atoms with Gasteiger partial charge in [-0.2, -0.15) is 0 Å². The predicted molar refractivity (Wildman–Crippen MR) is 62.5 cm³/mol. The van der Waals surface area contributed by atoms with E-state index >= 15 is 0 Å². The number of carbonyl (C=O) groups excluding carboxylic acids is 1. The van der Waals surface area contributed by atoms with E-state index < -0.39 is 0 Å². The van der Waals surface area contributed by atoms with Crippen molar-refractivity contribution in [2.45, 2.75) is 6.92 Å². The molecule has 0 aromatic heterocycles. The Labute approximate surface area is 94.1 Å². The van der Waals surface area contributed by atoms with Crippen molar-refractivity contribution in [3.05, 3.63) is 53.1 Å². The van der Waals surface area contributed by atoms with E-state index in [1.807, 2.05) is 37.3 Å². The molecule has 1 unspecified atom stereocenters. The fourth-order valence-corrected chi connectivity index (χ4v) is 2.15. The summed E-state index contributed by atoms with van der Waals surface area (Å²) in [5.41, 5.74) is 2.77.